The summed E-state index contributed by atoms with van der Waals surface area (Å²) >= 11 is 0. The molecule has 102 valence electrons. The van der Waals surface area contributed by atoms with Crippen LogP contribution in [0.5, 0.6) is 0 Å². The molecule has 0 amide bonds. The minimum Gasteiger partial charge on any atom is -0.238 e. The number of rotatable bonds is 2. The lowest BCUT2D eigenvalue weighted by molar-refractivity contribution is 0.689. The van der Waals surface area contributed by atoms with E-state index < -0.39 is 0 Å². The zero-order valence-electron chi connectivity index (χ0n) is 11.9. The van der Waals surface area contributed by atoms with E-state index in [1.165, 1.54) is 6.33 Å². The summed E-state index contributed by atoms with van der Waals surface area (Å²) in [5, 5.41) is 22.5. The molecular weight excluding hydrogens is 242 g/mol. The average Bonchev–Trinajstić information content (AvgIpc) is 2.41. The second-order valence-corrected chi connectivity index (χ2v) is 4.64. The van der Waals surface area contributed by atoms with Gasteiger partial charge in [-0.3, -0.25) is 0 Å². The van der Waals surface area contributed by atoms with Gasteiger partial charge in [-0.2, -0.15) is 5.10 Å². The summed E-state index contributed by atoms with van der Waals surface area (Å²) in [4.78, 5) is 4.03. The van der Waals surface area contributed by atoms with E-state index in [0.717, 1.165) is 11.5 Å². The Bertz CT molecular complexity index is 467. The van der Waals surface area contributed by atoms with Crippen LogP contribution in [0, 0.1) is 6.92 Å². The Morgan fingerprint density at radius 3 is 1.84 bits per heavy atom. The van der Waals surface area contributed by atoms with Crippen LogP contribution in [-0.2, 0) is 0 Å². The van der Waals surface area contributed by atoms with Gasteiger partial charge >= 0.3 is 0 Å². The Labute approximate surface area is 112 Å². The summed E-state index contributed by atoms with van der Waals surface area (Å²) in [6.45, 7) is 9.97. The van der Waals surface area contributed by atoms with E-state index in [2.05, 4.69) is 49.4 Å². The molecule has 2 aromatic heterocycles. The molecule has 0 saturated carbocycles. The molecule has 0 aliphatic rings. The summed E-state index contributed by atoms with van der Waals surface area (Å²) in [5.41, 5.74) is 0.950. The minimum absolute atomic E-state index is 0.311. The van der Waals surface area contributed by atoms with Gasteiger partial charge in [0, 0.05) is 5.92 Å². The van der Waals surface area contributed by atoms with Crippen LogP contribution >= 0.6 is 0 Å². The van der Waals surface area contributed by atoms with Crippen LogP contribution in [0.25, 0.3) is 0 Å². The van der Waals surface area contributed by atoms with Gasteiger partial charge in [-0.05, 0) is 12.8 Å². The molecule has 0 aliphatic heterocycles. The third-order valence-corrected chi connectivity index (χ3v) is 2.23. The predicted octanol–water partition coefficient (Wildman–Crippen LogP) is 1.69. The number of hydrogen-bond acceptors (Lipinski definition) is 7. The fourth-order valence-electron chi connectivity index (χ4n) is 1.05. The summed E-state index contributed by atoms with van der Waals surface area (Å²) in [6, 6.07) is 0. The zero-order chi connectivity index (χ0) is 14.3. The van der Waals surface area contributed by atoms with Gasteiger partial charge in [0.1, 0.15) is 5.82 Å². The maximum absolute atomic E-state index is 4.03. The first-order valence-corrected chi connectivity index (χ1v) is 6.17. The van der Waals surface area contributed by atoms with Crippen LogP contribution < -0.4 is 0 Å². The van der Waals surface area contributed by atoms with E-state index in [1.807, 2.05) is 20.8 Å². The Kier molecular flexibility index (Phi) is 5.84. The molecule has 7 nitrogen and oxygen atoms in total. The molecule has 19 heavy (non-hydrogen) atoms. The highest BCUT2D eigenvalue weighted by molar-refractivity contribution is 4.98. The van der Waals surface area contributed by atoms with E-state index in [9.17, 15) is 0 Å². The van der Waals surface area contributed by atoms with Crippen molar-refractivity contribution >= 4 is 0 Å². The van der Waals surface area contributed by atoms with Gasteiger partial charge in [-0.1, -0.05) is 27.7 Å². The Morgan fingerprint density at radius 2 is 1.47 bits per heavy atom. The maximum atomic E-state index is 4.03. The molecule has 0 bridgehead atoms. The average molecular weight is 261 g/mol. The first kappa shape index (κ1) is 15.0. The summed E-state index contributed by atoms with van der Waals surface area (Å²) in [7, 11) is 0. The first-order chi connectivity index (χ1) is 9.00. The van der Waals surface area contributed by atoms with Crippen molar-refractivity contribution in [3.63, 3.8) is 0 Å². The van der Waals surface area contributed by atoms with Crippen LogP contribution in [0.15, 0.2) is 12.5 Å². The topological polar surface area (TPSA) is 90.2 Å². The molecule has 0 N–H and O–H groups in total. The second-order valence-electron chi connectivity index (χ2n) is 4.64. The zero-order valence-corrected chi connectivity index (χ0v) is 11.9. The highest BCUT2D eigenvalue weighted by Gasteiger charge is 2.00. The van der Waals surface area contributed by atoms with Crippen molar-refractivity contribution in [1.82, 2.24) is 35.6 Å². The molecule has 0 spiro atoms. The van der Waals surface area contributed by atoms with Gasteiger partial charge in [-0.15, -0.1) is 25.5 Å². The largest absolute Gasteiger partial charge is 0.238 e. The van der Waals surface area contributed by atoms with E-state index >= 15 is 0 Å². The Morgan fingerprint density at radius 1 is 0.842 bits per heavy atom. The van der Waals surface area contributed by atoms with Crippen molar-refractivity contribution in [3.05, 3.63) is 29.9 Å². The minimum atomic E-state index is 0.311. The van der Waals surface area contributed by atoms with Crippen LogP contribution in [0.1, 0.15) is 56.9 Å². The van der Waals surface area contributed by atoms with Gasteiger partial charge in [0.25, 0.3) is 0 Å². The third kappa shape index (κ3) is 5.41. The van der Waals surface area contributed by atoms with Crippen molar-refractivity contribution < 1.29 is 0 Å². The molecule has 2 aromatic rings. The van der Waals surface area contributed by atoms with Gasteiger partial charge in [0.2, 0.25) is 0 Å². The smallest absolute Gasteiger partial charge is 0.176 e. The summed E-state index contributed by atoms with van der Waals surface area (Å²) in [6.07, 6.45) is 3.10. The van der Waals surface area contributed by atoms with Gasteiger partial charge in [0.05, 0.1) is 11.9 Å². The van der Waals surface area contributed by atoms with Gasteiger partial charge in [-0.25, -0.2) is 4.98 Å². The third-order valence-electron chi connectivity index (χ3n) is 2.23. The molecule has 0 aliphatic carbocycles. The number of hydrogen-bond donors (Lipinski definition) is 0. The Balaban J connectivity index is 0.000000191. The molecule has 0 atom stereocenters. The van der Waals surface area contributed by atoms with Crippen molar-refractivity contribution in [2.24, 2.45) is 0 Å². The molecule has 0 aromatic carbocycles. The molecule has 0 saturated heterocycles. The molecule has 2 rings (SSSR count). The normalized spacial score (nSPS) is 10.3. The van der Waals surface area contributed by atoms with Crippen molar-refractivity contribution in [2.45, 2.75) is 46.5 Å². The van der Waals surface area contributed by atoms with E-state index in [1.54, 1.807) is 6.20 Å². The fourth-order valence-corrected chi connectivity index (χ4v) is 1.05. The SMILES string of the molecule is CC(C)c1nncnn1.Cc1ncc(C(C)C)nn1. The maximum Gasteiger partial charge on any atom is 0.176 e. The lowest BCUT2D eigenvalue weighted by atomic mass is 10.2. The number of nitrogens with zero attached hydrogens (tertiary/aromatic N) is 7. The van der Waals surface area contributed by atoms with Crippen LogP contribution in [-0.4, -0.2) is 35.6 Å². The molecular formula is C12H19N7. The fraction of sp³-hybridized carbons (Fsp3) is 0.583. The first-order valence-electron chi connectivity index (χ1n) is 6.17. The molecule has 0 radical (unpaired) electrons. The predicted molar refractivity (Wildman–Crippen MR) is 70.4 cm³/mol. The van der Waals surface area contributed by atoms with E-state index in [4.69, 9.17) is 0 Å². The monoisotopic (exact) mass is 261 g/mol. The lowest BCUT2D eigenvalue weighted by Crippen LogP contribution is -1.99. The highest BCUT2D eigenvalue weighted by Crippen LogP contribution is 2.07. The van der Waals surface area contributed by atoms with E-state index in [-0.39, 0.29) is 0 Å². The number of aromatic nitrogens is 7. The van der Waals surface area contributed by atoms with Gasteiger partial charge < -0.3 is 0 Å². The van der Waals surface area contributed by atoms with E-state index in [0.29, 0.717) is 17.7 Å². The van der Waals surface area contributed by atoms with Crippen molar-refractivity contribution in [2.75, 3.05) is 0 Å². The number of aryl methyl sites for hydroxylation is 1. The molecule has 0 fully saturated rings. The van der Waals surface area contributed by atoms with Crippen LogP contribution in [0.2, 0.25) is 0 Å². The van der Waals surface area contributed by atoms with Crippen molar-refractivity contribution in [1.29, 1.82) is 0 Å². The van der Waals surface area contributed by atoms with Crippen LogP contribution in [0.4, 0.5) is 0 Å². The van der Waals surface area contributed by atoms with Gasteiger partial charge in [0.15, 0.2) is 12.2 Å². The highest BCUT2D eigenvalue weighted by atomic mass is 15.3. The quantitative estimate of drug-likeness (QED) is 0.812. The molecule has 7 heteroatoms. The summed E-state index contributed by atoms with van der Waals surface area (Å²) in [5.74, 6) is 2.15. The van der Waals surface area contributed by atoms with Crippen molar-refractivity contribution in [3.8, 4) is 0 Å². The standard InChI is InChI=1S/C7H11N3.C5H8N4/c1-5(2)7-4-8-6(3)9-10-7;1-4(2)5-8-6-3-7-9-5/h4-5H,1-3H3;3-4H,1-2H3. The molecule has 2 heterocycles. The van der Waals surface area contributed by atoms with Crippen LogP contribution in [0.3, 0.4) is 0 Å². The Hall–Kier alpha value is -2.05. The summed E-state index contributed by atoms with van der Waals surface area (Å²) < 4.78 is 0. The second kappa shape index (κ2) is 7.40. The molecule has 0 unspecified atom stereocenters. The lowest BCUT2D eigenvalue weighted by Gasteiger charge is -2.00.